The minimum Gasteiger partial charge on any atom is -0.380 e. The first-order chi connectivity index (χ1) is 4.27. The third-order valence-electron chi connectivity index (χ3n) is 1.39. The van der Waals surface area contributed by atoms with Gasteiger partial charge in [-0.05, 0) is 11.8 Å². The van der Waals surface area contributed by atoms with E-state index in [0.29, 0.717) is 5.41 Å². The molecule has 0 aromatic carbocycles. The van der Waals surface area contributed by atoms with Gasteiger partial charge >= 0.3 is 0 Å². The Labute approximate surface area is 59.2 Å². The van der Waals surface area contributed by atoms with Crippen molar-refractivity contribution in [3.8, 4) is 5.40 Å². The van der Waals surface area contributed by atoms with Crippen LogP contribution < -0.4 is 0 Å². The molecule has 0 aromatic heterocycles. The highest BCUT2D eigenvalue weighted by Crippen LogP contribution is 2.29. The largest absolute Gasteiger partial charge is 0.380 e. The lowest BCUT2D eigenvalue weighted by Crippen LogP contribution is -2.41. The van der Waals surface area contributed by atoms with Crippen molar-refractivity contribution in [1.29, 1.82) is 5.26 Å². The van der Waals surface area contributed by atoms with E-state index in [4.69, 9.17) is 10.00 Å². The third kappa shape index (κ3) is 1.60. The van der Waals surface area contributed by atoms with Gasteiger partial charge in [0.1, 0.15) is 5.40 Å². The molecule has 0 N–H and O–H groups in total. The van der Waals surface area contributed by atoms with E-state index in [1.165, 1.54) is 11.8 Å². The first-order valence-corrected chi connectivity index (χ1v) is 3.84. The number of rotatable bonds is 2. The first kappa shape index (κ1) is 6.91. The van der Waals surface area contributed by atoms with Crippen LogP contribution in [0, 0.1) is 16.1 Å². The zero-order valence-electron chi connectivity index (χ0n) is 5.39. The molecular weight excluding hydrogens is 134 g/mol. The van der Waals surface area contributed by atoms with Gasteiger partial charge in [0.2, 0.25) is 0 Å². The highest BCUT2D eigenvalue weighted by molar-refractivity contribution is 8.03. The fraction of sp³-hybridized carbons (Fsp3) is 0.833. The van der Waals surface area contributed by atoms with E-state index in [2.05, 4.69) is 12.3 Å². The van der Waals surface area contributed by atoms with Crippen LogP contribution in [0.25, 0.3) is 0 Å². The molecule has 0 radical (unpaired) electrons. The van der Waals surface area contributed by atoms with Gasteiger partial charge in [0.25, 0.3) is 0 Å². The summed E-state index contributed by atoms with van der Waals surface area (Å²) in [5.74, 6) is 0.906. The molecular formula is C6H9NOS. The summed E-state index contributed by atoms with van der Waals surface area (Å²) < 4.78 is 5.01. The molecule has 1 rings (SSSR count). The van der Waals surface area contributed by atoms with E-state index >= 15 is 0 Å². The van der Waals surface area contributed by atoms with Crippen molar-refractivity contribution in [2.75, 3.05) is 19.0 Å². The maximum atomic E-state index is 8.22. The molecule has 3 heteroatoms. The Balaban J connectivity index is 2.19. The number of nitrogens with zero attached hydrogens (tertiary/aromatic N) is 1. The van der Waals surface area contributed by atoms with Gasteiger partial charge in [0.05, 0.1) is 13.2 Å². The fourth-order valence-corrected chi connectivity index (χ4v) is 1.32. The highest BCUT2D eigenvalue weighted by atomic mass is 32.2. The van der Waals surface area contributed by atoms with E-state index in [1.54, 1.807) is 0 Å². The average molecular weight is 143 g/mol. The smallest absolute Gasteiger partial charge is 0.133 e. The molecule has 0 spiro atoms. The van der Waals surface area contributed by atoms with Crippen LogP contribution in [0.5, 0.6) is 0 Å². The second-order valence-corrected chi connectivity index (χ2v) is 3.44. The monoisotopic (exact) mass is 143 g/mol. The van der Waals surface area contributed by atoms with E-state index in [9.17, 15) is 0 Å². The van der Waals surface area contributed by atoms with Crippen molar-refractivity contribution in [1.82, 2.24) is 0 Å². The molecule has 2 nitrogen and oxygen atoms in total. The molecule has 1 heterocycles. The van der Waals surface area contributed by atoms with Crippen molar-refractivity contribution < 1.29 is 4.74 Å². The van der Waals surface area contributed by atoms with Crippen LogP contribution in [0.3, 0.4) is 0 Å². The van der Waals surface area contributed by atoms with Crippen molar-refractivity contribution in [3.63, 3.8) is 0 Å². The number of hydrogen-bond donors (Lipinski definition) is 0. The lowest BCUT2D eigenvalue weighted by Gasteiger charge is -2.36. The molecule has 0 unspecified atom stereocenters. The fourth-order valence-electron chi connectivity index (χ4n) is 0.740. The summed E-state index contributed by atoms with van der Waals surface area (Å²) in [6, 6.07) is 0. The molecule has 0 atom stereocenters. The number of thiocyanates is 1. The molecule has 1 aliphatic rings. The quantitative estimate of drug-likeness (QED) is 0.545. The van der Waals surface area contributed by atoms with Gasteiger partial charge in [0, 0.05) is 11.2 Å². The Morgan fingerprint density at radius 1 is 1.78 bits per heavy atom. The standard InChI is InChI=1S/C6H9NOS/c1-6(2-8-3-6)4-9-5-7/h2-4H2,1H3. The SMILES string of the molecule is CC1(CSC#N)COC1. The first-order valence-electron chi connectivity index (χ1n) is 2.85. The van der Waals surface area contributed by atoms with Crippen LogP contribution in [0.4, 0.5) is 0 Å². The summed E-state index contributed by atoms with van der Waals surface area (Å²) in [7, 11) is 0. The molecule has 0 saturated carbocycles. The van der Waals surface area contributed by atoms with Crippen molar-refractivity contribution >= 4 is 11.8 Å². The predicted octanol–water partition coefficient (Wildman–Crippen LogP) is 1.24. The zero-order chi connectivity index (χ0) is 6.74. The van der Waals surface area contributed by atoms with Gasteiger partial charge < -0.3 is 4.74 Å². The predicted molar refractivity (Wildman–Crippen MR) is 37.0 cm³/mol. The van der Waals surface area contributed by atoms with Crippen LogP contribution >= 0.6 is 11.8 Å². The molecule has 1 saturated heterocycles. The van der Waals surface area contributed by atoms with Gasteiger partial charge in [0.15, 0.2) is 0 Å². The molecule has 0 aliphatic carbocycles. The van der Waals surface area contributed by atoms with Crippen molar-refractivity contribution in [3.05, 3.63) is 0 Å². The molecule has 9 heavy (non-hydrogen) atoms. The van der Waals surface area contributed by atoms with Gasteiger partial charge in [-0.1, -0.05) is 6.92 Å². The zero-order valence-corrected chi connectivity index (χ0v) is 6.20. The van der Waals surface area contributed by atoms with Gasteiger partial charge in [-0.2, -0.15) is 5.26 Å². The van der Waals surface area contributed by atoms with Gasteiger partial charge in [-0.15, -0.1) is 0 Å². The third-order valence-corrected chi connectivity index (χ3v) is 2.36. The van der Waals surface area contributed by atoms with Crippen molar-refractivity contribution in [2.45, 2.75) is 6.92 Å². The molecule has 0 aromatic rings. The summed E-state index contributed by atoms with van der Waals surface area (Å²) in [5, 5.41) is 10.3. The second kappa shape index (κ2) is 2.59. The lowest BCUT2D eigenvalue weighted by atomic mass is 9.92. The highest BCUT2D eigenvalue weighted by Gasteiger charge is 2.32. The van der Waals surface area contributed by atoms with Crippen LogP contribution in [-0.2, 0) is 4.74 Å². The van der Waals surface area contributed by atoms with Crippen LogP contribution in [0.2, 0.25) is 0 Å². The summed E-state index contributed by atoms with van der Waals surface area (Å²) in [6.45, 7) is 3.78. The van der Waals surface area contributed by atoms with Crippen LogP contribution in [-0.4, -0.2) is 19.0 Å². The molecule has 1 fully saturated rings. The molecule has 0 amide bonds. The minimum atomic E-state index is 0.292. The summed E-state index contributed by atoms with van der Waals surface area (Å²) >= 11 is 1.32. The Morgan fingerprint density at radius 3 is 2.78 bits per heavy atom. The van der Waals surface area contributed by atoms with Crippen LogP contribution in [0.1, 0.15) is 6.92 Å². The molecule has 0 bridgehead atoms. The lowest BCUT2D eigenvalue weighted by molar-refractivity contribution is -0.0860. The summed E-state index contributed by atoms with van der Waals surface area (Å²) in [6.07, 6.45) is 0. The van der Waals surface area contributed by atoms with E-state index < -0.39 is 0 Å². The molecule has 1 aliphatic heterocycles. The van der Waals surface area contributed by atoms with E-state index in [1.807, 2.05) is 0 Å². The number of nitriles is 1. The number of thioether (sulfide) groups is 1. The van der Waals surface area contributed by atoms with E-state index in [0.717, 1.165) is 19.0 Å². The van der Waals surface area contributed by atoms with Gasteiger partial charge in [-0.25, -0.2) is 0 Å². The minimum absolute atomic E-state index is 0.292. The second-order valence-electron chi connectivity index (χ2n) is 2.68. The summed E-state index contributed by atoms with van der Waals surface area (Å²) in [5.41, 5.74) is 0.292. The topological polar surface area (TPSA) is 33.0 Å². The van der Waals surface area contributed by atoms with Crippen molar-refractivity contribution in [2.24, 2.45) is 5.41 Å². The number of hydrogen-bond acceptors (Lipinski definition) is 3. The summed E-state index contributed by atoms with van der Waals surface area (Å²) in [4.78, 5) is 0. The van der Waals surface area contributed by atoms with Gasteiger partial charge in [-0.3, -0.25) is 0 Å². The Kier molecular flexibility index (Phi) is 1.99. The molecule has 50 valence electrons. The van der Waals surface area contributed by atoms with Crippen LogP contribution in [0.15, 0.2) is 0 Å². The maximum Gasteiger partial charge on any atom is 0.133 e. The Bertz CT molecular complexity index is 136. The Morgan fingerprint density at radius 2 is 2.44 bits per heavy atom. The Hall–Kier alpha value is -0.200. The van der Waals surface area contributed by atoms with E-state index in [-0.39, 0.29) is 0 Å². The number of ether oxygens (including phenoxy) is 1. The normalized spacial score (nSPS) is 22.2. The average Bonchev–Trinajstić information content (AvgIpc) is 1.79. The maximum absolute atomic E-state index is 8.22.